The Bertz CT molecular complexity index is 516. The van der Waals surface area contributed by atoms with Crippen LogP contribution in [0.5, 0.6) is 0 Å². The van der Waals surface area contributed by atoms with E-state index in [1.54, 1.807) is 23.7 Å². The predicted molar refractivity (Wildman–Crippen MR) is 80.8 cm³/mol. The highest BCUT2D eigenvalue weighted by atomic mass is 32.1. The van der Waals surface area contributed by atoms with Crippen LogP contribution in [0.2, 0.25) is 0 Å². The molecular weight excluding hydrogens is 270 g/mol. The minimum Gasteiger partial charge on any atom is -0.340 e. The summed E-state index contributed by atoms with van der Waals surface area (Å²) in [6, 6.07) is 2.33. The molecule has 2 aromatic heterocycles. The molecule has 0 radical (unpaired) electrons. The van der Waals surface area contributed by atoms with Gasteiger partial charge >= 0.3 is 0 Å². The molecule has 1 aliphatic heterocycles. The van der Waals surface area contributed by atoms with Crippen molar-refractivity contribution in [2.75, 3.05) is 25.0 Å². The van der Waals surface area contributed by atoms with Gasteiger partial charge in [0.05, 0.1) is 11.2 Å². The Kier molecular flexibility index (Phi) is 4.22. The summed E-state index contributed by atoms with van der Waals surface area (Å²) in [6.45, 7) is 3.15. The van der Waals surface area contributed by atoms with Gasteiger partial charge in [-0.3, -0.25) is 4.90 Å². The minimum atomic E-state index is 0.477. The third kappa shape index (κ3) is 3.13. The van der Waals surface area contributed by atoms with Gasteiger partial charge < -0.3 is 4.90 Å². The molecule has 2 aromatic rings. The highest BCUT2D eigenvalue weighted by molar-refractivity contribution is 7.07. The van der Waals surface area contributed by atoms with E-state index in [2.05, 4.69) is 37.2 Å². The summed E-state index contributed by atoms with van der Waals surface area (Å²) >= 11 is 1.66. The van der Waals surface area contributed by atoms with Crippen LogP contribution in [0.15, 0.2) is 29.4 Å². The largest absolute Gasteiger partial charge is 0.340 e. The molecule has 1 fully saturated rings. The maximum atomic E-state index is 4.38. The lowest BCUT2D eigenvalue weighted by Crippen LogP contribution is -2.46. The first kappa shape index (κ1) is 13.5. The van der Waals surface area contributed by atoms with Gasteiger partial charge in [0, 0.05) is 44.0 Å². The summed E-state index contributed by atoms with van der Waals surface area (Å²) in [4.78, 5) is 17.7. The molecule has 0 saturated carbocycles. The van der Waals surface area contributed by atoms with Crippen molar-refractivity contribution < 1.29 is 0 Å². The average molecular weight is 289 g/mol. The Hall–Kier alpha value is -1.53. The van der Waals surface area contributed by atoms with Gasteiger partial charge in [0.25, 0.3) is 0 Å². The normalized spacial score (nSPS) is 19.9. The monoisotopic (exact) mass is 289 g/mol. The molecule has 0 bridgehead atoms. The van der Waals surface area contributed by atoms with E-state index in [0.717, 1.165) is 25.6 Å². The van der Waals surface area contributed by atoms with Crippen LogP contribution in [-0.2, 0) is 6.54 Å². The molecule has 20 heavy (non-hydrogen) atoms. The number of hydrogen-bond acceptors (Lipinski definition) is 6. The summed E-state index contributed by atoms with van der Waals surface area (Å²) in [6.07, 6.45) is 6.01. The zero-order chi connectivity index (χ0) is 13.8. The number of likely N-dealkylation sites (tertiary alicyclic amines) is 1. The second-order valence-corrected chi connectivity index (χ2v) is 5.89. The lowest BCUT2D eigenvalue weighted by Gasteiger charge is -2.37. The fraction of sp³-hybridized carbons (Fsp3) is 0.500. The fourth-order valence-corrected chi connectivity index (χ4v) is 3.22. The van der Waals surface area contributed by atoms with Gasteiger partial charge in [0.1, 0.15) is 0 Å². The van der Waals surface area contributed by atoms with E-state index in [9.17, 15) is 0 Å². The van der Waals surface area contributed by atoms with E-state index >= 15 is 0 Å². The van der Waals surface area contributed by atoms with Crippen molar-refractivity contribution in [3.05, 3.63) is 35.0 Å². The number of hydrogen-bond donors (Lipinski definition) is 0. The molecule has 1 unspecified atom stereocenters. The number of thiazole rings is 1. The number of likely N-dealkylation sites (N-methyl/N-ethyl adjacent to an activating group) is 1. The summed E-state index contributed by atoms with van der Waals surface area (Å²) in [5, 5.41) is 2.13. The van der Waals surface area contributed by atoms with Gasteiger partial charge in [0.2, 0.25) is 5.95 Å². The van der Waals surface area contributed by atoms with E-state index in [0.29, 0.717) is 6.04 Å². The second kappa shape index (κ2) is 6.28. The van der Waals surface area contributed by atoms with Crippen LogP contribution in [0.25, 0.3) is 0 Å². The van der Waals surface area contributed by atoms with Crippen LogP contribution in [0.3, 0.4) is 0 Å². The summed E-state index contributed by atoms with van der Waals surface area (Å²) in [7, 11) is 2.09. The fourth-order valence-electron chi connectivity index (χ4n) is 2.67. The Morgan fingerprint density at radius 3 is 2.95 bits per heavy atom. The van der Waals surface area contributed by atoms with E-state index in [-0.39, 0.29) is 0 Å². The molecule has 3 rings (SSSR count). The molecule has 1 aliphatic rings. The highest BCUT2D eigenvalue weighted by Gasteiger charge is 2.24. The Labute approximate surface area is 123 Å². The molecule has 0 spiro atoms. The van der Waals surface area contributed by atoms with Crippen molar-refractivity contribution in [1.29, 1.82) is 0 Å². The third-order valence-electron chi connectivity index (χ3n) is 3.77. The lowest BCUT2D eigenvalue weighted by molar-refractivity contribution is 0.196. The van der Waals surface area contributed by atoms with E-state index in [1.165, 1.54) is 18.5 Å². The van der Waals surface area contributed by atoms with Crippen molar-refractivity contribution in [3.8, 4) is 0 Å². The first-order chi connectivity index (χ1) is 9.83. The molecule has 0 aliphatic carbocycles. The van der Waals surface area contributed by atoms with E-state index < -0.39 is 0 Å². The van der Waals surface area contributed by atoms with Crippen LogP contribution >= 0.6 is 11.3 Å². The quantitative estimate of drug-likeness (QED) is 0.862. The zero-order valence-corrected chi connectivity index (χ0v) is 12.5. The molecule has 106 valence electrons. The Balaban J connectivity index is 1.63. The number of rotatable bonds is 4. The van der Waals surface area contributed by atoms with Crippen LogP contribution in [0.1, 0.15) is 18.5 Å². The molecule has 0 amide bonds. The second-order valence-electron chi connectivity index (χ2n) is 5.17. The first-order valence-corrected chi connectivity index (χ1v) is 7.86. The average Bonchev–Trinajstić information content (AvgIpc) is 3.01. The van der Waals surface area contributed by atoms with Gasteiger partial charge in [0.15, 0.2) is 0 Å². The van der Waals surface area contributed by atoms with Gasteiger partial charge in [-0.25, -0.2) is 15.0 Å². The topological polar surface area (TPSA) is 45.2 Å². The van der Waals surface area contributed by atoms with E-state index in [4.69, 9.17) is 0 Å². The molecule has 1 atom stereocenters. The molecule has 0 N–H and O–H groups in total. The first-order valence-electron chi connectivity index (χ1n) is 6.92. The summed E-state index contributed by atoms with van der Waals surface area (Å²) < 4.78 is 0. The minimum absolute atomic E-state index is 0.477. The van der Waals surface area contributed by atoms with Gasteiger partial charge in [-0.05, 0) is 25.5 Å². The summed E-state index contributed by atoms with van der Waals surface area (Å²) in [5.74, 6) is 0.813. The van der Waals surface area contributed by atoms with Gasteiger partial charge in [-0.2, -0.15) is 0 Å². The predicted octanol–water partition coefficient (Wildman–Crippen LogP) is 2.03. The zero-order valence-electron chi connectivity index (χ0n) is 11.6. The third-order valence-corrected chi connectivity index (χ3v) is 4.40. The number of nitrogens with zero attached hydrogens (tertiary/aromatic N) is 5. The molecule has 6 heteroatoms. The van der Waals surface area contributed by atoms with Crippen molar-refractivity contribution >= 4 is 17.3 Å². The van der Waals surface area contributed by atoms with Gasteiger partial charge in [-0.1, -0.05) is 0 Å². The maximum absolute atomic E-state index is 4.38. The molecule has 0 aromatic carbocycles. The Morgan fingerprint density at radius 2 is 2.20 bits per heavy atom. The Morgan fingerprint density at radius 1 is 1.35 bits per heavy atom. The number of piperidine rings is 1. The van der Waals surface area contributed by atoms with Crippen molar-refractivity contribution in [2.45, 2.75) is 25.4 Å². The molecule has 1 saturated heterocycles. The summed E-state index contributed by atoms with van der Waals surface area (Å²) in [5.41, 5.74) is 3.08. The molecule has 3 heterocycles. The van der Waals surface area contributed by atoms with Crippen LogP contribution < -0.4 is 4.90 Å². The standard InChI is InChI=1S/C14H19N5S/c1-18(14-15-5-3-6-16-14)13-4-2-7-19(9-13)8-12-10-20-11-17-12/h3,5-6,10-11,13H,2,4,7-9H2,1H3. The smallest absolute Gasteiger partial charge is 0.225 e. The molecule has 5 nitrogen and oxygen atoms in total. The van der Waals surface area contributed by atoms with Crippen LogP contribution in [0.4, 0.5) is 5.95 Å². The maximum Gasteiger partial charge on any atom is 0.225 e. The van der Waals surface area contributed by atoms with Crippen molar-refractivity contribution in [3.63, 3.8) is 0 Å². The van der Waals surface area contributed by atoms with Crippen molar-refractivity contribution in [1.82, 2.24) is 19.9 Å². The SMILES string of the molecule is CN(c1ncccn1)C1CCCN(Cc2cscn2)C1. The highest BCUT2D eigenvalue weighted by Crippen LogP contribution is 2.19. The number of anilines is 1. The van der Waals surface area contributed by atoms with Crippen LogP contribution in [-0.4, -0.2) is 46.0 Å². The lowest BCUT2D eigenvalue weighted by atomic mass is 10.0. The number of aromatic nitrogens is 3. The van der Waals surface area contributed by atoms with Crippen LogP contribution in [0, 0.1) is 0 Å². The molecular formula is C14H19N5S. The van der Waals surface area contributed by atoms with Crippen molar-refractivity contribution in [2.24, 2.45) is 0 Å². The van der Waals surface area contributed by atoms with E-state index in [1.807, 2.05) is 11.6 Å². The van der Waals surface area contributed by atoms with Gasteiger partial charge in [-0.15, -0.1) is 11.3 Å².